The average Bonchev–Trinajstić information content (AvgIpc) is 3.00. The molecule has 4 nitrogen and oxygen atoms in total. The molecule has 0 bridgehead atoms. The third-order valence-corrected chi connectivity index (χ3v) is 3.08. The van der Waals surface area contributed by atoms with Crippen molar-refractivity contribution in [3.8, 4) is 0 Å². The van der Waals surface area contributed by atoms with E-state index in [0.29, 0.717) is 17.8 Å². The number of nitrogens with zero attached hydrogens (tertiary/aromatic N) is 3. The minimum absolute atomic E-state index is 0.258. The van der Waals surface area contributed by atoms with E-state index in [1.165, 1.54) is 12.8 Å². The second kappa shape index (κ2) is 4.49. The molecule has 0 spiro atoms. The van der Waals surface area contributed by atoms with Crippen molar-refractivity contribution in [3.05, 3.63) is 11.1 Å². The predicted molar refractivity (Wildman–Crippen MR) is 58.2 cm³/mol. The Morgan fingerprint density at radius 3 is 2.80 bits per heavy atom. The van der Waals surface area contributed by atoms with Gasteiger partial charge in [-0.1, -0.05) is 6.92 Å². The maximum Gasteiger partial charge on any atom is 0.225 e. The van der Waals surface area contributed by atoms with E-state index in [1.54, 1.807) is 7.11 Å². The Balaban J connectivity index is 2.26. The number of hydrogen-bond acceptors (Lipinski definition) is 3. The van der Waals surface area contributed by atoms with Gasteiger partial charge in [0, 0.05) is 13.0 Å². The zero-order chi connectivity index (χ0) is 10.8. The topological polar surface area (TPSA) is 39.9 Å². The molecule has 0 amide bonds. The number of aromatic nitrogens is 3. The van der Waals surface area contributed by atoms with E-state index in [0.717, 1.165) is 12.2 Å². The van der Waals surface area contributed by atoms with Crippen LogP contribution in [0.15, 0.2) is 0 Å². The third-order valence-electron chi connectivity index (χ3n) is 2.82. The summed E-state index contributed by atoms with van der Waals surface area (Å²) in [5, 5.41) is 8.59. The molecular formula is C10H16ClN3O. The van der Waals surface area contributed by atoms with E-state index in [4.69, 9.17) is 16.3 Å². The zero-order valence-electron chi connectivity index (χ0n) is 9.11. The van der Waals surface area contributed by atoms with E-state index in [-0.39, 0.29) is 6.04 Å². The molecule has 1 aromatic heterocycles. The van der Waals surface area contributed by atoms with Gasteiger partial charge in [0.25, 0.3) is 0 Å². The lowest BCUT2D eigenvalue weighted by Crippen LogP contribution is -2.16. The summed E-state index contributed by atoms with van der Waals surface area (Å²) in [6.45, 7) is 2.78. The van der Waals surface area contributed by atoms with Crippen molar-refractivity contribution < 1.29 is 4.74 Å². The zero-order valence-corrected chi connectivity index (χ0v) is 9.87. The van der Waals surface area contributed by atoms with Crippen LogP contribution in [-0.4, -0.2) is 28.5 Å². The number of ether oxygens (including phenoxy) is 1. The van der Waals surface area contributed by atoms with Gasteiger partial charge in [-0.2, -0.15) is 0 Å². The van der Waals surface area contributed by atoms with Crippen molar-refractivity contribution >= 4 is 11.6 Å². The van der Waals surface area contributed by atoms with Crippen LogP contribution in [-0.2, 0) is 4.74 Å². The first kappa shape index (κ1) is 10.9. The van der Waals surface area contributed by atoms with Crippen molar-refractivity contribution in [2.45, 2.75) is 38.1 Å². The summed E-state index contributed by atoms with van der Waals surface area (Å²) < 4.78 is 7.22. The summed E-state index contributed by atoms with van der Waals surface area (Å²) in [5.41, 5.74) is 0. The number of hydrogen-bond donors (Lipinski definition) is 0. The van der Waals surface area contributed by atoms with E-state index < -0.39 is 0 Å². The monoisotopic (exact) mass is 229 g/mol. The summed E-state index contributed by atoms with van der Waals surface area (Å²) >= 11 is 6.06. The molecule has 1 aromatic rings. The van der Waals surface area contributed by atoms with Gasteiger partial charge in [0.2, 0.25) is 5.28 Å². The van der Waals surface area contributed by atoms with Crippen LogP contribution in [0, 0.1) is 0 Å². The molecule has 0 saturated heterocycles. The van der Waals surface area contributed by atoms with Gasteiger partial charge in [0.1, 0.15) is 5.82 Å². The molecule has 0 radical (unpaired) electrons. The van der Waals surface area contributed by atoms with Gasteiger partial charge in [-0.25, -0.2) is 0 Å². The molecule has 15 heavy (non-hydrogen) atoms. The van der Waals surface area contributed by atoms with Gasteiger partial charge < -0.3 is 4.74 Å². The molecule has 84 valence electrons. The molecule has 0 aliphatic heterocycles. The second-order valence-electron chi connectivity index (χ2n) is 3.99. The Kier molecular flexibility index (Phi) is 3.26. The van der Waals surface area contributed by atoms with Crippen molar-refractivity contribution in [1.82, 2.24) is 14.8 Å². The molecule has 1 fully saturated rings. The molecule has 1 aliphatic rings. The van der Waals surface area contributed by atoms with Crippen LogP contribution in [0.4, 0.5) is 0 Å². The molecular weight excluding hydrogens is 214 g/mol. The van der Waals surface area contributed by atoms with Gasteiger partial charge in [0.15, 0.2) is 0 Å². The third kappa shape index (κ3) is 2.16. The number of halogens is 1. The SMILES string of the molecule is CCC(COC)n1c(Cl)nnc1C1CC1. The van der Waals surface area contributed by atoms with E-state index in [1.807, 2.05) is 4.57 Å². The molecule has 1 unspecified atom stereocenters. The molecule has 0 aromatic carbocycles. The first-order valence-electron chi connectivity index (χ1n) is 5.37. The summed E-state index contributed by atoms with van der Waals surface area (Å²) in [6, 6.07) is 0.258. The highest BCUT2D eigenvalue weighted by Gasteiger charge is 2.31. The van der Waals surface area contributed by atoms with Gasteiger partial charge in [-0.15, -0.1) is 10.2 Å². The van der Waals surface area contributed by atoms with Gasteiger partial charge in [-0.05, 0) is 30.9 Å². The Labute approximate surface area is 94.6 Å². The lowest BCUT2D eigenvalue weighted by Gasteiger charge is -2.18. The van der Waals surface area contributed by atoms with Crippen molar-refractivity contribution in [1.29, 1.82) is 0 Å². The molecule has 0 N–H and O–H groups in total. The standard InChI is InChI=1S/C10H16ClN3O/c1-3-8(6-15-2)14-9(7-4-5-7)12-13-10(14)11/h7-8H,3-6H2,1-2H3. The van der Waals surface area contributed by atoms with E-state index in [2.05, 4.69) is 17.1 Å². The molecule has 2 rings (SSSR count). The Morgan fingerprint density at radius 2 is 2.27 bits per heavy atom. The van der Waals surface area contributed by atoms with Crippen LogP contribution < -0.4 is 0 Å². The van der Waals surface area contributed by atoms with Crippen molar-refractivity contribution in [2.24, 2.45) is 0 Å². The molecule has 1 aliphatic carbocycles. The smallest absolute Gasteiger partial charge is 0.225 e. The molecule has 5 heteroatoms. The molecule has 1 heterocycles. The van der Waals surface area contributed by atoms with E-state index in [9.17, 15) is 0 Å². The normalized spacial score (nSPS) is 18.1. The van der Waals surface area contributed by atoms with E-state index >= 15 is 0 Å². The predicted octanol–water partition coefficient (Wildman–Crippen LogP) is 2.41. The van der Waals surface area contributed by atoms with Crippen LogP contribution in [0.3, 0.4) is 0 Å². The number of methoxy groups -OCH3 is 1. The Morgan fingerprint density at radius 1 is 1.53 bits per heavy atom. The Bertz CT molecular complexity index is 335. The highest BCUT2D eigenvalue weighted by Crippen LogP contribution is 2.40. The largest absolute Gasteiger partial charge is 0.383 e. The fraction of sp³-hybridized carbons (Fsp3) is 0.800. The first-order chi connectivity index (χ1) is 7.27. The van der Waals surface area contributed by atoms with Crippen LogP contribution in [0.25, 0.3) is 0 Å². The fourth-order valence-electron chi connectivity index (χ4n) is 1.81. The van der Waals surface area contributed by atoms with Crippen LogP contribution in [0.5, 0.6) is 0 Å². The van der Waals surface area contributed by atoms with Gasteiger partial charge in [-0.3, -0.25) is 4.57 Å². The van der Waals surface area contributed by atoms with Crippen molar-refractivity contribution in [3.63, 3.8) is 0 Å². The fourth-order valence-corrected chi connectivity index (χ4v) is 2.07. The second-order valence-corrected chi connectivity index (χ2v) is 4.33. The lowest BCUT2D eigenvalue weighted by molar-refractivity contribution is 0.151. The van der Waals surface area contributed by atoms with Crippen molar-refractivity contribution in [2.75, 3.05) is 13.7 Å². The van der Waals surface area contributed by atoms with Crippen LogP contribution in [0.1, 0.15) is 44.0 Å². The molecule has 1 atom stereocenters. The quantitative estimate of drug-likeness (QED) is 0.779. The summed E-state index contributed by atoms with van der Waals surface area (Å²) in [5.74, 6) is 1.60. The first-order valence-corrected chi connectivity index (χ1v) is 5.75. The average molecular weight is 230 g/mol. The highest BCUT2D eigenvalue weighted by atomic mass is 35.5. The van der Waals surface area contributed by atoms with Gasteiger partial charge >= 0.3 is 0 Å². The summed E-state index contributed by atoms with van der Waals surface area (Å²) in [4.78, 5) is 0. The van der Waals surface area contributed by atoms with Crippen LogP contribution in [0.2, 0.25) is 5.28 Å². The highest BCUT2D eigenvalue weighted by molar-refractivity contribution is 6.28. The Hall–Kier alpha value is -0.610. The minimum Gasteiger partial charge on any atom is -0.383 e. The maximum absolute atomic E-state index is 6.06. The van der Waals surface area contributed by atoms with Gasteiger partial charge in [0.05, 0.1) is 12.6 Å². The van der Waals surface area contributed by atoms with Crippen LogP contribution >= 0.6 is 11.6 Å². The molecule has 1 saturated carbocycles. The maximum atomic E-state index is 6.06. The summed E-state index contributed by atoms with van der Waals surface area (Å²) in [6.07, 6.45) is 3.39. The lowest BCUT2D eigenvalue weighted by atomic mass is 10.2. The summed E-state index contributed by atoms with van der Waals surface area (Å²) in [7, 11) is 1.71. The number of rotatable bonds is 5. The minimum atomic E-state index is 0.258.